The third-order valence-corrected chi connectivity index (χ3v) is 4.48. The van der Waals surface area contributed by atoms with Crippen molar-refractivity contribution < 1.29 is 4.79 Å². The van der Waals surface area contributed by atoms with Gasteiger partial charge in [0.15, 0.2) is 0 Å². The van der Waals surface area contributed by atoms with Crippen LogP contribution in [0.2, 0.25) is 0 Å². The maximum atomic E-state index is 10.9. The second-order valence-electron chi connectivity index (χ2n) is 6.38. The summed E-state index contributed by atoms with van der Waals surface area (Å²) in [6, 6.07) is 10.5. The summed E-state index contributed by atoms with van der Waals surface area (Å²) in [6.07, 6.45) is 0.913. The molecule has 0 unspecified atom stereocenters. The fraction of sp³-hybridized carbons (Fsp3) is 0.421. The number of amides is 1. The first kappa shape index (κ1) is 17.2. The van der Waals surface area contributed by atoms with Crippen LogP contribution in [-0.4, -0.2) is 54.0 Å². The van der Waals surface area contributed by atoms with Gasteiger partial charge in [-0.05, 0) is 38.5 Å². The number of carbonyl (C=O) groups is 1. The van der Waals surface area contributed by atoms with E-state index in [-0.39, 0.29) is 0 Å². The Morgan fingerprint density at radius 1 is 1.12 bits per heavy atom. The molecule has 2 heterocycles. The molecule has 1 saturated heterocycles. The van der Waals surface area contributed by atoms with E-state index < -0.39 is 0 Å². The Hall–Kier alpha value is -2.63. The zero-order valence-electron chi connectivity index (χ0n) is 15.1. The number of hydrogen-bond donors (Lipinski definition) is 0. The van der Waals surface area contributed by atoms with Crippen LogP contribution in [0.4, 0.5) is 17.5 Å². The highest BCUT2D eigenvalue weighted by Crippen LogP contribution is 2.26. The van der Waals surface area contributed by atoms with E-state index in [0.717, 1.165) is 49.2 Å². The lowest BCUT2D eigenvalue weighted by atomic mass is 10.2. The van der Waals surface area contributed by atoms with Crippen LogP contribution in [0.1, 0.15) is 18.2 Å². The Bertz CT molecular complexity index is 740. The predicted octanol–water partition coefficient (Wildman–Crippen LogP) is 2.53. The molecule has 1 aliphatic heterocycles. The minimum atomic E-state index is 0.714. The van der Waals surface area contributed by atoms with E-state index in [1.807, 2.05) is 13.0 Å². The van der Waals surface area contributed by atoms with E-state index in [4.69, 9.17) is 4.98 Å². The third-order valence-electron chi connectivity index (χ3n) is 4.48. The predicted molar refractivity (Wildman–Crippen MR) is 100 cm³/mol. The molecule has 0 aliphatic carbocycles. The van der Waals surface area contributed by atoms with Crippen LogP contribution in [0.15, 0.2) is 30.3 Å². The van der Waals surface area contributed by atoms with Gasteiger partial charge in [-0.3, -0.25) is 4.79 Å². The van der Waals surface area contributed by atoms with Crippen molar-refractivity contribution in [2.45, 2.75) is 20.8 Å². The molecule has 0 bridgehead atoms. The number of benzene rings is 1. The Kier molecular flexibility index (Phi) is 5.16. The van der Waals surface area contributed by atoms with Crippen LogP contribution in [0.3, 0.4) is 0 Å². The first-order chi connectivity index (χ1) is 12.1. The average molecular weight is 339 g/mol. The zero-order chi connectivity index (χ0) is 17.8. The maximum absolute atomic E-state index is 10.9. The van der Waals surface area contributed by atoms with Gasteiger partial charge in [-0.15, -0.1) is 0 Å². The lowest BCUT2D eigenvalue weighted by Gasteiger charge is -2.33. The Morgan fingerprint density at radius 3 is 2.52 bits per heavy atom. The Labute approximate surface area is 149 Å². The van der Waals surface area contributed by atoms with E-state index in [1.54, 1.807) is 4.90 Å². The summed E-state index contributed by atoms with van der Waals surface area (Å²) in [5.41, 5.74) is 3.31. The van der Waals surface area contributed by atoms with Gasteiger partial charge in [0.25, 0.3) is 0 Å². The number of nitrogens with zero attached hydrogens (tertiary/aromatic N) is 5. The monoisotopic (exact) mass is 339 g/mol. The molecular weight excluding hydrogens is 314 g/mol. The maximum Gasteiger partial charge on any atom is 0.227 e. The van der Waals surface area contributed by atoms with E-state index in [0.29, 0.717) is 13.1 Å². The molecule has 3 rings (SSSR count). The van der Waals surface area contributed by atoms with Crippen molar-refractivity contribution in [3.8, 4) is 0 Å². The van der Waals surface area contributed by atoms with E-state index in [2.05, 4.69) is 52.9 Å². The number of anilines is 3. The lowest BCUT2D eigenvalue weighted by Crippen LogP contribution is -2.46. The molecule has 0 spiro atoms. The number of carbonyl (C=O) groups excluding carboxylic acids is 1. The molecule has 0 N–H and O–H groups in total. The summed E-state index contributed by atoms with van der Waals surface area (Å²) in [5, 5.41) is 0. The SMILES string of the molecule is CCN(c1cccc(C)c1)c1cc(C)nc(N2CCN(C=O)CC2)n1. The highest BCUT2D eigenvalue weighted by Gasteiger charge is 2.20. The fourth-order valence-corrected chi connectivity index (χ4v) is 3.12. The summed E-state index contributed by atoms with van der Waals surface area (Å²) in [5.74, 6) is 1.65. The van der Waals surface area contributed by atoms with E-state index in [1.165, 1.54) is 5.56 Å². The third kappa shape index (κ3) is 3.90. The molecule has 1 amide bonds. The number of piperazine rings is 1. The zero-order valence-corrected chi connectivity index (χ0v) is 15.1. The van der Waals surface area contributed by atoms with E-state index >= 15 is 0 Å². The fourth-order valence-electron chi connectivity index (χ4n) is 3.12. The summed E-state index contributed by atoms with van der Waals surface area (Å²) < 4.78 is 0. The van der Waals surface area contributed by atoms with Gasteiger partial charge in [0.05, 0.1) is 0 Å². The van der Waals surface area contributed by atoms with Crippen LogP contribution < -0.4 is 9.80 Å². The lowest BCUT2D eigenvalue weighted by molar-refractivity contribution is -0.118. The van der Waals surface area contributed by atoms with Crippen LogP contribution in [0.25, 0.3) is 0 Å². The van der Waals surface area contributed by atoms with Crippen molar-refractivity contribution in [3.05, 3.63) is 41.6 Å². The highest BCUT2D eigenvalue weighted by atomic mass is 16.1. The van der Waals surface area contributed by atoms with Crippen molar-refractivity contribution in [1.29, 1.82) is 0 Å². The summed E-state index contributed by atoms with van der Waals surface area (Å²) in [4.78, 5) is 26.5. The van der Waals surface area contributed by atoms with Gasteiger partial charge in [-0.2, -0.15) is 4.98 Å². The molecular formula is C19H25N5O. The van der Waals surface area contributed by atoms with Gasteiger partial charge in [0, 0.05) is 50.2 Å². The molecule has 1 fully saturated rings. The molecule has 1 aromatic carbocycles. The molecule has 0 radical (unpaired) electrons. The van der Waals surface area contributed by atoms with E-state index in [9.17, 15) is 4.79 Å². The second kappa shape index (κ2) is 7.51. The smallest absolute Gasteiger partial charge is 0.227 e. The van der Waals surface area contributed by atoms with Gasteiger partial charge >= 0.3 is 0 Å². The summed E-state index contributed by atoms with van der Waals surface area (Å²) in [6.45, 7) is 10.0. The van der Waals surface area contributed by atoms with Gasteiger partial charge in [-0.25, -0.2) is 4.98 Å². The molecule has 2 aromatic rings. The van der Waals surface area contributed by atoms with Crippen LogP contribution in [0.5, 0.6) is 0 Å². The normalized spacial score (nSPS) is 14.5. The number of rotatable bonds is 5. The minimum absolute atomic E-state index is 0.714. The standard InChI is InChI=1S/C19H25N5O/c1-4-24(17-7-5-6-15(2)12-17)18-13-16(3)20-19(21-18)23-10-8-22(14-25)9-11-23/h5-7,12-14H,4,8-11H2,1-3H3. The topological polar surface area (TPSA) is 52.6 Å². The first-order valence-corrected chi connectivity index (χ1v) is 8.75. The van der Waals surface area contributed by atoms with Crippen LogP contribution in [0, 0.1) is 13.8 Å². The molecule has 25 heavy (non-hydrogen) atoms. The minimum Gasteiger partial charge on any atom is -0.342 e. The van der Waals surface area contributed by atoms with Crippen LogP contribution in [-0.2, 0) is 4.79 Å². The quantitative estimate of drug-likeness (QED) is 0.784. The highest BCUT2D eigenvalue weighted by molar-refractivity contribution is 5.62. The van der Waals surface area contributed by atoms with Crippen molar-refractivity contribution >= 4 is 23.9 Å². The molecule has 1 aromatic heterocycles. The molecule has 6 heteroatoms. The second-order valence-corrected chi connectivity index (χ2v) is 6.38. The first-order valence-electron chi connectivity index (χ1n) is 8.75. The van der Waals surface area contributed by atoms with Crippen molar-refractivity contribution in [2.24, 2.45) is 0 Å². The molecule has 1 aliphatic rings. The van der Waals surface area contributed by atoms with Gasteiger partial charge in [0.2, 0.25) is 12.4 Å². The summed E-state index contributed by atoms with van der Waals surface area (Å²) in [7, 11) is 0. The number of aryl methyl sites for hydroxylation is 2. The van der Waals surface area contributed by atoms with Gasteiger partial charge in [-0.1, -0.05) is 12.1 Å². The average Bonchev–Trinajstić information content (AvgIpc) is 2.62. The van der Waals surface area contributed by atoms with Gasteiger partial charge < -0.3 is 14.7 Å². The van der Waals surface area contributed by atoms with Crippen molar-refractivity contribution in [1.82, 2.24) is 14.9 Å². The molecule has 6 nitrogen and oxygen atoms in total. The van der Waals surface area contributed by atoms with Gasteiger partial charge in [0.1, 0.15) is 5.82 Å². The molecule has 0 saturated carbocycles. The Morgan fingerprint density at radius 2 is 1.88 bits per heavy atom. The molecule has 0 atom stereocenters. The number of hydrogen-bond acceptors (Lipinski definition) is 5. The van der Waals surface area contributed by atoms with Crippen molar-refractivity contribution in [2.75, 3.05) is 42.5 Å². The van der Waals surface area contributed by atoms with Crippen molar-refractivity contribution in [3.63, 3.8) is 0 Å². The largest absolute Gasteiger partial charge is 0.342 e. The summed E-state index contributed by atoms with van der Waals surface area (Å²) >= 11 is 0. The number of aromatic nitrogens is 2. The molecule has 132 valence electrons. The van der Waals surface area contributed by atoms with Crippen LogP contribution >= 0.6 is 0 Å². The Balaban J connectivity index is 1.89.